The second-order valence-electron chi connectivity index (χ2n) is 3.47. The summed E-state index contributed by atoms with van der Waals surface area (Å²) in [4.78, 5) is 35.1. The summed E-state index contributed by atoms with van der Waals surface area (Å²) in [5.74, 6) is -2.60. The number of carbonyl (C=O) groups excluding carboxylic acids is 2. The summed E-state index contributed by atoms with van der Waals surface area (Å²) in [7, 11) is 0. The maximum Gasteiger partial charge on any atom is 0.325 e. The second kappa shape index (κ2) is 8.36. The Kier molecular flexibility index (Phi) is 6.78. The van der Waals surface area contributed by atoms with Crippen molar-refractivity contribution in [3.63, 3.8) is 0 Å². The van der Waals surface area contributed by atoms with Crippen LogP contribution in [0.3, 0.4) is 0 Å². The second-order valence-corrected chi connectivity index (χ2v) is 4.18. The van der Waals surface area contributed by atoms with Gasteiger partial charge in [0.15, 0.2) is 10.7 Å². The first-order chi connectivity index (χ1) is 9.58. The van der Waals surface area contributed by atoms with Crippen LogP contribution in [0.2, 0.25) is 0 Å². The molecule has 0 aliphatic rings. The minimum Gasteiger partial charge on any atom is -0.465 e. The lowest BCUT2D eigenvalue weighted by Gasteiger charge is -2.09. The van der Waals surface area contributed by atoms with Crippen LogP contribution in [-0.4, -0.2) is 41.3 Å². The molecule has 0 radical (unpaired) electrons. The Balaban J connectivity index is 2.85. The minimum absolute atomic E-state index is 0.171. The molecule has 0 N–H and O–H groups in total. The van der Waals surface area contributed by atoms with E-state index in [1.807, 2.05) is 0 Å². The van der Waals surface area contributed by atoms with Gasteiger partial charge in [0.2, 0.25) is 0 Å². The first-order valence-electron chi connectivity index (χ1n) is 5.93. The lowest BCUT2D eigenvalue weighted by Crippen LogP contribution is -2.29. The van der Waals surface area contributed by atoms with Crippen molar-refractivity contribution in [2.75, 3.05) is 13.2 Å². The summed E-state index contributed by atoms with van der Waals surface area (Å²) in [6, 6.07) is 0. The van der Waals surface area contributed by atoms with Gasteiger partial charge in [-0.15, -0.1) is 0 Å². The molecule has 0 bridgehead atoms. The number of aromatic nitrogens is 2. The van der Waals surface area contributed by atoms with Crippen molar-refractivity contribution in [1.82, 2.24) is 9.97 Å². The summed E-state index contributed by atoms with van der Waals surface area (Å²) in [5, 5.41) is 0. The Labute approximate surface area is 124 Å². The van der Waals surface area contributed by atoms with E-state index in [1.54, 1.807) is 13.8 Å². The van der Waals surface area contributed by atoms with Crippen LogP contribution in [0, 0.1) is 5.92 Å². The first kappa shape index (κ1) is 16.2. The molecule has 0 saturated heterocycles. The maximum atomic E-state index is 11.7. The van der Waals surface area contributed by atoms with E-state index < -0.39 is 17.9 Å². The highest BCUT2D eigenvalue weighted by atomic mass is 79.9. The quantitative estimate of drug-likeness (QED) is 0.338. The number of nitrogens with zero attached hydrogens (tertiary/aromatic N) is 3. The summed E-state index contributed by atoms with van der Waals surface area (Å²) < 4.78 is 10.0. The van der Waals surface area contributed by atoms with Crippen molar-refractivity contribution in [2.24, 2.45) is 10.9 Å². The standard InChI is InChI=1S/C12H14BrN3O4/c1-3-19-10(17)9(11(18)20-4-2)7-14-8-5-15-12(13)16-6-8/h5-7,9H,3-4H2,1-2H3. The van der Waals surface area contributed by atoms with Crippen LogP contribution in [-0.2, 0) is 19.1 Å². The topological polar surface area (TPSA) is 90.7 Å². The van der Waals surface area contributed by atoms with Gasteiger partial charge in [-0.05, 0) is 29.8 Å². The third kappa shape index (κ3) is 5.04. The molecule has 8 heteroatoms. The van der Waals surface area contributed by atoms with Crippen LogP contribution in [0.1, 0.15) is 13.8 Å². The molecule has 108 valence electrons. The zero-order chi connectivity index (χ0) is 15.0. The predicted octanol–water partition coefficient (Wildman–Crippen LogP) is 1.68. The highest BCUT2D eigenvalue weighted by molar-refractivity contribution is 9.10. The Hall–Kier alpha value is -1.83. The smallest absolute Gasteiger partial charge is 0.325 e. The molecule has 0 unspecified atom stereocenters. The van der Waals surface area contributed by atoms with E-state index >= 15 is 0 Å². The third-order valence-electron chi connectivity index (χ3n) is 2.06. The van der Waals surface area contributed by atoms with E-state index in [-0.39, 0.29) is 13.2 Å². The lowest BCUT2D eigenvalue weighted by atomic mass is 10.2. The van der Waals surface area contributed by atoms with Gasteiger partial charge in [-0.3, -0.25) is 14.6 Å². The van der Waals surface area contributed by atoms with Crippen molar-refractivity contribution in [2.45, 2.75) is 13.8 Å². The fourth-order valence-electron chi connectivity index (χ4n) is 1.21. The lowest BCUT2D eigenvalue weighted by molar-refractivity contribution is -0.157. The van der Waals surface area contributed by atoms with Gasteiger partial charge < -0.3 is 9.47 Å². The molecule has 7 nitrogen and oxygen atoms in total. The Morgan fingerprint density at radius 1 is 1.25 bits per heavy atom. The fraction of sp³-hybridized carbons (Fsp3) is 0.417. The molecular weight excluding hydrogens is 330 g/mol. The summed E-state index contributed by atoms with van der Waals surface area (Å²) in [5.41, 5.74) is 0.409. The van der Waals surface area contributed by atoms with Crippen molar-refractivity contribution in [1.29, 1.82) is 0 Å². The molecule has 20 heavy (non-hydrogen) atoms. The van der Waals surface area contributed by atoms with E-state index in [9.17, 15) is 9.59 Å². The molecule has 0 saturated carbocycles. The Morgan fingerprint density at radius 3 is 2.20 bits per heavy atom. The molecule has 0 spiro atoms. The average Bonchev–Trinajstić information content (AvgIpc) is 2.42. The molecule has 1 aromatic rings. The number of hydrogen-bond donors (Lipinski definition) is 0. The maximum absolute atomic E-state index is 11.7. The number of rotatable bonds is 6. The number of halogens is 1. The van der Waals surface area contributed by atoms with Gasteiger partial charge in [-0.25, -0.2) is 9.97 Å². The van der Waals surface area contributed by atoms with E-state index in [2.05, 4.69) is 30.9 Å². The van der Waals surface area contributed by atoms with Crippen LogP contribution in [0.15, 0.2) is 22.1 Å². The van der Waals surface area contributed by atoms with E-state index in [4.69, 9.17) is 9.47 Å². The van der Waals surface area contributed by atoms with E-state index in [1.165, 1.54) is 18.6 Å². The van der Waals surface area contributed by atoms with Crippen LogP contribution in [0.25, 0.3) is 0 Å². The highest BCUT2D eigenvalue weighted by Crippen LogP contribution is 2.11. The average molecular weight is 344 g/mol. The van der Waals surface area contributed by atoms with E-state index in [0.29, 0.717) is 10.4 Å². The molecule has 1 aromatic heterocycles. The molecule has 0 fully saturated rings. The molecule has 0 amide bonds. The van der Waals surface area contributed by atoms with Gasteiger partial charge in [0, 0.05) is 6.21 Å². The number of ether oxygens (including phenoxy) is 2. The monoisotopic (exact) mass is 343 g/mol. The van der Waals surface area contributed by atoms with Crippen LogP contribution in [0.5, 0.6) is 0 Å². The van der Waals surface area contributed by atoms with Gasteiger partial charge in [0.25, 0.3) is 0 Å². The van der Waals surface area contributed by atoms with Crippen LogP contribution in [0.4, 0.5) is 5.69 Å². The van der Waals surface area contributed by atoms with Crippen LogP contribution >= 0.6 is 15.9 Å². The summed E-state index contributed by atoms with van der Waals surface area (Å²) in [6.07, 6.45) is 4.06. The van der Waals surface area contributed by atoms with Gasteiger partial charge >= 0.3 is 11.9 Å². The normalized spacial score (nSPS) is 10.8. The van der Waals surface area contributed by atoms with Crippen LogP contribution < -0.4 is 0 Å². The summed E-state index contributed by atoms with van der Waals surface area (Å²) >= 11 is 3.09. The minimum atomic E-state index is -1.20. The predicted molar refractivity (Wildman–Crippen MR) is 74.6 cm³/mol. The molecule has 0 atom stereocenters. The van der Waals surface area contributed by atoms with Crippen molar-refractivity contribution >= 4 is 39.8 Å². The Bertz CT molecular complexity index is 472. The van der Waals surface area contributed by atoms with Crippen molar-refractivity contribution in [3.05, 3.63) is 17.1 Å². The van der Waals surface area contributed by atoms with Gasteiger partial charge in [-0.2, -0.15) is 0 Å². The Morgan fingerprint density at radius 2 is 1.75 bits per heavy atom. The summed E-state index contributed by atoms with van der Waals surface area (Å²) in [6.45, 7) is 3.65. The number of aliphatic imine (C=N–C) groups is 1. The molecule has 0 aliphatic carbocycles. The zero-order valence-electron chi connectivity index (χ0n) is 11.1. The highest BCUT2D eigenvalue weighted by Gasteiger charge is 2.27. The molecule has 0 aliphatic heterocycles. The number of hydrogen-bond acceptors (Lipinski definition) is 7. The molecular formula is C12H14BrN3O4. The molecule has 1 rings (SSSR count). The van der Waals surface area contributed by atoms with Gasteiger partial charge in [-0.1, -0.05) is 0 Å². The first-order valence-corrected chi connectivity index (χ1v) is 6.72. The molecule has 0 aromatic carbocycles. The largest absolute Gasteiger partial charge is 0.465 e. The van der Waals surface area contributed by atoms with E-state index in [0.717, 1.165) is 0 Å². The molecule has 1 heterocycles. The third-order valence-corrected chi connectivity index (χ3v) is 2.47. The zero-order valence-corrected chi connectivity index (χ0v) is 12.7. The number of carbonyl (C=O) groups is 2. The fourth-order valence-corrected chi connectivity index (χ4v) is 1.42. The van der Waals surface area contributed by atoms with Crippen molar-refractivity contribution in [3.8, 4) is 0 Å². The van der Waals surface area contributed by atoms with Gasteiger partial charge in [0.05, 0.1) is 31.3 Å². The SMILES string of the molecule is CCOC(=O)C(C=Nc1cnc(Br)nc1)C(=O)OCC. The van der Waals surface area contributed by atoms with Crippen molar-refractivity contribution < 1.29 is 19.1 Å². The number of esters is 2. The van der Waals surface area contributed by atoms with Gasteiger partial charge in [0.1, 0.15) is 0 Å².